The molecule has 0 amide bonds. The summed E-state index contributed by atoms with van der Waals surface area (Å²) in [5.74, 6) is -1.40. The summed E-state index contributed by atoms with van der Waals surface area (Å²) in [6, 6.07) is 0. The highest BCUT2D eigenvalue weighted by Gasteiger charge is 2.17. The Balaban J connectivity index is 3.60. The summed E-state index contributed by atoms with van der Waals surface area (Å²) in [4.78, 5) is 21.6. The quantitative estimate of drug-likeness (QED) is 0.478. The zero-order valence-corrected chi connectivity index (χ0v) is 10.5. The van der Waals surface area contributed by atoms with Crippen LogP contribution < -0.4 is 0 Å². The summed E-state index contributed by atoms with van der Waals surface area (Å²) < 4.78 is 4.97. The molecule has 5 nitrogen and oxygen atoms in total. The summed E-state index contributed by atoms with van der Waals surface area (Å²) in [7, 11) is 0. The van der Waals surface area contributed by atoms with Crippen molar-refractivity contribution in [3.8, 4) is 0 Å². The van der Waals surface area contributed by atoms with Crippen molar-refractivity contribution in [3.05, 3.63) is 0 Å². The van der Waals surface area contributed by atoms with Crippen molar-refractivity contribution in [2.45, 2.75) is 64.6 Å². The minimum atomic E-state index is -1.09. The van der Waals surface area contributed by atoms with Gasteiger partial charge in [0.25, 0.3) is 0 Å². The van der Waals surface area contributed by atoms with Gasteiger partial charge in [0.05, 0.1) is 6.10 Å². The predicted molar refractivity (Wildman–Crippen MR) is 62.6 cm³/mol. The third kappa shape index (κ3) is 8.68. The SMILES string of the molecule is CCC(C)OC(=O)C(O)CCCCCC(=O)O. The number of carbonyl (C=O) groups excluding carboxylic acids is 1. The number of aliphatic carboxylic acids is 1. The van der Waals surface area contributed by atoms with Crippen molar-refractivity contribution >= 4 is 11.9 Å². The van der Waals surface area contributed by atoms with Crippen LogP contribution >= 0.6 is 0 Å². The van der Waals surface area contributed by atoms with Crippen LogP contribution in [0.5, 0.6) is 0 Å². The van der Waals surface area contributed by atoms with Crippen LogP contribution in [0.25, 0.3) is 0 Å². The van der Waals surface area contributed by atoms with E-state index in [2.05, 4.69) is 0 Å². The van der Waals surface area contributed by atoms with Gasteiger partial charge in [-0.1, -0.05) is 19.8 Å². The summed E-state index contributed by atoms with van der Waals surface area (Å²) in [5, 5.41) is 17.9. The average Bonchev–Trinajstić information content (AvgIpc) is 2.27. The monoisotopic (exact) mass is 246 g/mol. The summed E-state index contributed by atoms with van der Waals surface area (Å²) in [5.41, 5.74) is 0. The molecule has 0 fully saturated rings. The molecule has 0 aliphatic carbocycles. The lowest BCUT2D eigenvalue weighted by molar-refractivity contribution is -0.158. The molecule has 0 saturated heterocycles. The number of unbranched alkanes of at least 4 members (excludes halogenated alkanes) is 2. The van der Waals surface area contributed by atoms with Crippen LogP contribution in [0.15, 0.2) is 0 Å². The van der Waals surface area contributed by atoms with Crippen molar-refractivity contribution in [1.82, 2.24) is 0 Å². The minimum absolute atomic E-state index is 0.132. The average molecular weight is 246 g/mol. The van der Waals surface area contributed by atoms with Gasteiger partial charge in [-0.3, -0.25) is 4.79 Å². The van der Waals surface area contributed by atoms with Crippen LogP contribution in [0, 0.1) is 0 Å². The first-order valence-electron chi connectivity index (χ1n) is 6.07. The van der Waals surface area contributed by atoms with Gasteiger partial charge in [-0.25, -0.2) is 4.79 Å². The number of carbonyl (C=O) groups is 2. The van der Waals surface area contributed by atoms with E-state index in [9.17, 15) is 14.7 Å². The molecule has 0 radical (unpaired) electrons. The molecule has 0 bridgehead atoms. The molecule has 0 saturated carbocycles. The van der Waals surface area contributed by atoms with Gasteiger partial charge in [0, 0.05) is 6.42 Å². The Bertz CT molecular complexity index is 239. The predicted octanol–water partition coefficient (Wildman–Crippen LogP) is 1.72. The number of carboxylic acids is 1. The Morgan fingerprint density at radius 1 is 1.24 bits per heavy atom. The normalized spacial score (nSPS) is 14.1. The minimum Gasteiger partial charge on any atom is -0.481 e. The number of carboxylic acid groups (broad SMARTS) is 1. The third-order valence-electron chi connectivity index (χ3n) is 2.53. The first kappa shape index (κ1) is 15.9. The van der Waals surface area contributed by atoms with Gasteiger partial charge in [0.15, 0.2) is 6.10 Å². The molecule has 100 valence electrons. The maximum absolute atomic E-state index is 11.3. The molecule has 0 heterocycles. The smallest absolute Gasteiger partial charge is 0.335 e. The molecule has 0 aliphatic heterocycles. The maximum atomic E-state index is 11.3. The molecule has 5 heteroatoms. The van der Waals surface area contributed by atoms with Gasteiger partial charge in [-0.2, -0.15) is 0 Å². The molecule has 0 rings (SSSR count). The number of rotatable bonds is 9. The zero-order valence-electron chi connectivity index (χ0n) is 10.5. The van der Waals surface area contributed by atoms with Crippen LogP contribution in [0.3, 0.4) is 0 Å². The Kier molecular flexibility index (Phi) is 8.40. The number of hydrogen-bond acceptors (Lipinski definition) is 4. The molecular formula is C12H22O5. The van der Waals surface area contributed by atoms with Crippen LogP contribution in [-0.4, -0.2) is 34.4 Å². The van der Waals surface area contributed by atoms with Crippen molar-refractivity contribution in [2.24, 2.45) is 0 Å². The van der Waals surface area contributed by atoms with Crippen molar-refractivity contribution in [3.63, 3.8) is 0 Å². The van der Waals surface area contributed by atoms with Crippen LogP contribution in [0.2, 0.25) is 0 Å². The van der Waals surface area contributed by atoms with E-state index in [4.69, 9.17) is 9.84 Å². The topological polar surface area (TPSA) is 83.8 Å². The molecule has 0 spiro atoms. The summed E-state index contributed by atoms with van der Waals surface area (Å²) in [6.45, 7) is 3.67. The highest BCUT2D eigenvalue weighted by molar-refractivity contribution is 5.74. The molecule has 0 aliphatic rings. The fraction of sp³-hybridized carbons (Fsp3) is 0.833. The van der Waals surface area contributed by atoms with Gasteiger partial charge in [0.2, 0.25) is 0 Å². The van der Waals surface area contributed by atoms with E-state index < -0.39 is 18.0 Å². The van der Waals surface area contributed by atoms with Crippen LogP contribution in [-0.2, 0) is 14.3 Å². The van der Waals surface area contributed by atoms with Gasteiger partial charge in [0.1, 0.15) is 0 Å². The molecule has 0 aromatic carbocycles. The third-order valence-corrected chi connectivity index (χ3v) is 2.53. The molecular weight excluding hydrogens is 224 g/mol. The second kappa shape index (κ2) is 8.98. The Morgan fingerprint density at radius 2 is 1.88 bits per heavy atom. The van der Waals surface area contributed by atoms with E-state index in [0.717, 1.165) is 6.42 Å². The standard InChI is InChI=1S/C12H22O5/c1-3-9(2)17-12(16)10(13)7-5-4-6-8-11(14)15/h9-10,13H,3-8H2,1-2H3,(H,14,15). The molecule has 0 aromatic rings. The van der Waals surface area contributed by atoms with Gasteiger partial charge in [-0.05, 0) is 26.2 Å². The lowest BCUT2D eigenvalue weighted by Crippen LogP contribution is -2.26. The number of ether oxygens (including phenoxy) is 1. The lowest BCUT2D eigenvalue weighted by Gasteiger charge is -2.14. The fourth-order valence-electron chi connectivity index (χ4n) is 1.27. The summed E-state index contributed by atoms with van der Waals surface area (Å²) >= 11 is 0. The molecule has 2 unspecified atom stereocenters. The van der Waals surface area contributed by atoms with Gasteiger partial charge < -0.3 is 14.9 Å². The first-order valence-corrected chi connectivity index (χ1v) is 6.07. The number of aliphatic hydroxyl groups is 1. The highest BCUT2D eigenvalue weighted by atomic mass is 16.6. The maximum Gasteiger partial charge on any atom is 0.335 e. The first-order chi connectivity index (χ1) is 7.97. The summed E-state index contributed by atoms with van der Waals surface area (Å²) in [6.07, 6.45) is 1.81. The molecule has 2 atom stereocenters. The van der Waals surface area contributed by atoms with E-state index in [1.165, 1.54) is 0 Å². The van der Waals surface area contributed by atoms with Crippen molar-refractivity contribution in [1.29, 1.82) is 0 Å². The van der Waals surface area contributed by atoms with Crippen molar-refractivity contribution < 1.29 is 24.5 Å². The van der Waals surface area contributed by atoms with E-state index in [1.54, 1.807) is 6.92 Å². The van der Waals surface area contributed by atoms with E-state index in [0.29, 0.717) is 25.7 Å². The number of esters is 1. The van der Waals surface area contributed by atoms with Gasteiger partial charge in [-0.15, -0.1) is 0 Å². The number of aliphatic hydroxyl groups excluding tert-OH is 1. The second-order valence-corrected chi connectivity index (χ2v) is 4.16. The zero-order chi connectivity index (χ0) is 13.3. The largest absolute Gasteiger partial charge is 0.481 e. The molecule has 0 aromatic heterocycles. The van der Waals surface area contributed by atoms with Crippen LogP contribution in [0.1, 0.15) is 52.4 Å². The highest BCUT2D eigenvalue weighted by Crippen LogP contribution is 2.08. The Hall–Kier alpha value is -1.10. The second-order valence-electron chi connectivity index (χ2n) is 4.16. The van der Waals surface area contributed by atoms with Crippen LogP contribution in [0.4, 0.5) is 0 Å². The van der Waals surface area contributed by atoms with E-state index >= 15 is 0 Å². The van der Waals surface area contributed by atoms with Crippen molar-refractivity contribution in [2.75, 3.05) is 0 Å². The molecule has 2 N–H and O–H groups in total. The Labute approximate surface area is 102 Å². The lowest BCUT2D eigenvalue weighted by atomic mass is 10.1. The van der Waals surface area contributed by atoms with Gasteiger partial charge >= 0.3 is 11.9 Å². The van der Waals surface area contributed by atoms with E-state index in [-0.39, 0.29) is 12.5 Å². The molecule has 17 heavy (non-hydrogen) atoms. The fourth-order valence-corrected chi connectivity index (χ4v) is 1.27. The number of hydrogen-bond donors (Lipinski definition) is 2. The van der Waals surface area contributed by atoms with E-state index in [1.807, 2.05) is 6.92 Å². The Morgan fingerprint density at radius 3 is 2.41 bits per heavy atom.